The van der Waals surface area contributed by atoms with Crippen LogP contribution in [0.3, 0.4) is 0 Å². The lowest BCUT2D eigenvalue weighted by atomic mass is 9.90. The predicted molar refractivity (Wildman–Crippen MR) is 106 cm³/mol. The molecule has 0 atom stereocenters. The molecule has 7 heteroatoms. The summed E-state index contributed by atoms with van der Waals surface area (Å²) in [5.41, 5.74) is 2.71. The van der Waals surface area contributed by atoms with Crippen LogP contribution in [0.5, 0.6) is 6.01 Å². The molecule has 0 radical (unpaired) electrons. The molecule has 0 saturated heterocycles. The van der Waals surface area contributed by atoms with Gasteiger partial charge in [0.1, 0.15) is 12.1 Å². The van der Waals surface area contributed by atoms with Crippen molar-refractivity contribution in [2.24, 2.45) is 0 Å². The Morgan fingerprint density at radius 3 is 2.41 bits per heavy atom. The Kier molecular flexibility index (Phi) is 4.85. The molecular formula is C20H24N6O. The van der Waals surface area contributed by atoms with E-state index in [0.717, 1.165) is 40.7 Å². The average molecular weight is 364 g/mol. The van der Waals surface area contributed by atoms with Crippen molar-refractivity contribution in [3.8, 4) is 17.1 Å². The van der Waals surface area contributed by atoms with Crippen LogP contribution in [0.2, 0.25) is 0 Å². The van der Waals surface area contributed by atoms with Gasteiger partial charge < -0.3 is 15.3 Å². The molecule has 0 spiro atoms. The van der Waals surface area contributed by atoms with Crippen LogP contribution >= 0.6 is 0 Å². The highest BCUT2D eigenvalue weighted by Crippen LogP contribution is 2.29. The average Bonchev–Trinajstić information content (AvgIpc) is 2.69. The molecule has 0 unspecified atom stereocenters. The van der Waals surface area contributed by atoms with Crippen LogP contribution in [0.1, 0.15) is 25.7 Å². The second-order valence-electron chi connectivity index (χ2n) is 7.34. The van der Waals surface area contributed by atoms with Crippen LogP contribution in [0.15, 0.2) is 36.9 Å². The standard InChI is InChI=1S/C20H24N6O/c1-26(2)16-6-4-15(5-7-16)25-19-17-9-13(3-8-18(17)23-12-24-19)14-10-21-20(27)22-11-14/h3,8-12,15-16H,4-7H2,1-2H3,(H,21,22,27)(H,23,24,25)/t15-,16-. The van der Waals surface area contributed by atoms with Gasteiger partial charge in [0, 0.05) is 35.4 Å². The largest absolute Gasteiger partial charge is 0.479 e. The molecule has 27 heavy (non-hydrogen) atoms. The molecule has 0 aliphatic heterocycles. The van der Waals surface area contributed by atoms with Gasteiger partial charge >= 0.3 is 6.01 Å². The lowest BCUT2D eigenvalue weighted by Crippen LogP contribution is -2.36. The summed E-state index contributed by atoms with van der Waals surface area (Å²) in [5.74, 6) is 0.870. The van der Waals surface area contributed by atoms with Gasteiger partial charge in [-0.15, -0.1) is 0 Å². The van der Waals surface area contributed by atoms with Crippen molar-refractivity contribution in [2.45, 2.75) is 37.8 Å². The van der Waals surface area contributed by atoms with Crippen molar-refractivity contribution in [3.05, 3.63) is 36.9 Å². The van der Waals surface area contributed by atoms with Crippen LogP contribution in [0.25, 0.3) is 22.0 Å². The first-order valence-electron chi connectivity index (χ1n) is 9.29. The molecule has 7 nitrogen and oxygen atoms in total. The quantitative estimate of drug-likeness (QED) is 0.735. The second-order valence-corrected chi connectivity index (χ2v) is 7.34. The minimum atomic E-state index is -0.224. The van der Waals surface area contributed by atoms with Gasteiger partial charge in [-0.2, -0.15) is 0 Å². The van der Waals surface area contributed by atoms with Gasteiger partial charge in [-0.1, -0.05) is 6.07 Å². The Hall–Kier alpha value is -2.80. The zero-order valence-corrected chi connectivity index (χ0v) is 15.6. The number of hydrogen-bond acceptors (Lipinski definition) is 7. The predicted octanol–water partition coefficient (Wildman–Crippen LogP) is 3.08. The first-order valence-corrected chi connectivity index (χ1v) is 9.29. The molecule has 1 fully saturated rings. The Bertz CT molecular complexity index is 919. The zero-order chi connectivity index (χ0) is 18.8. The highest BCUT2D eigenvalue weighted by atomic mass is 16.3. The van der Waals surface area contributed by atoms with E-state index in [1.807, 2.05) is 12.1 Å². The summed E-state index contributed by atoms with van der Waals surface area (Å²) in [6, 6.07) is 6.90. The van der Waals surface area contributed by atoms with Gasteiger partial charge in [0.25, 0.3) is 0 Å². The van der Waals surface area contributed by atoms with Gasteiger partial charge in [0.05, 0.1) is 5.52 Å². The number of nitrogens with one attached hydrogen (secondary N) is 1. The van der Waals surface area contributed by atoms with Crippen LogP contribution in [-0.2, 0) is 0 Å². The highest BCUT2D eigenvalue weighted by molar-refractivity contribution is 5.92. The normalized spacial score (nSPS) is 20.1. The number of aromatic hydroxyl groups is 1. The van der Waals surface area contributed by atoms with E-state index >= 15 is 0 Å². The summed E-state index contributed by atoms with van der Waals surface area (Å²) < 4.78 is 0. The molecule has 0 amide bonds. The minimum Gasteiger partial charge on any atom is -0.479 e. The molecule has 2 heterocycles. The van der Waals surface area contributed by atoms with Crippen LogP contribution in [0.4, 0.5) is 5.82 Å². The van der Waals surface area contributed by atoms with Gasteiger partial charge in [0.15, 0.2) is 0 Å². The van der Waals surface area contributed by atoms with Gasteiger partial charge in [-0.25, -0.2) is 19.9 Å². The molecule has 140 valence electrons. The molecule has 3 aromatic rings. The number of anilines is 1. The molecular weight excluding hydrogens is 340 g/mol. The summed E-state index contributed by atoms with van der Waals surface area (Å²) in [5, 5.41) is 13.9. The molecule has 1 aliphatic carbocycles. The zero-order valence-electron chi connectivity index (χ0n) is 15.6. The van der Waals surface area contributed by atoms with E-state index in [9.17, 15) is 5.11 Å². The van der Waals surface area contributed by atoms with Crippen LogP contribution in [-0.4, -0.2) is 56.1 Å². The van der Waals surface area contributed by atoms with Gasteiger partial charge in [-0.3, -0.25) is 0 Å². The van der Waals surface area contributed by atoms with E-state index in [1.54, 1.807) is 18.7 Å². The third-order valence-corrected chi connectivity index (χ3v) is 5.37. The van der Waals surface area contributed by atoms with Crippen molar-refractivity contribution in [1.29, 1.82) is 0 Å². The van der Waals surface area contributed by atoms with E-state index in [1.165, 1.54) is 12.8 Å². The van der Waals surface area contributed by atoms with Crippen molar-refractivity contribution in [3.63, 3.8) is 0 Å². The van der Waals surface area contributed by atoms with Crippen molar-refractivity contribution in [2.75, 3.05) is 19.4 Å². The van der Waals surface area contributed by atoms with E-state index in [0.29, 0.717) is 12.1 Å². The SMILES string of the molecule is CN(C)[C@H]1CC[C@H](Nc2ncnc3ccc(-c4cnc(O)nc4)cc23)CC1. The second kappa shape index (κ2) is 7.44. The third-order valence-electron chi connectivity index (χ3n) is 5.37. The lowest BCUT2D eigenvalue weighted by Gasteiger charge is -2.33. The summed E-state index contributed by atoms with van der Waals surface area (Å²) in [6.07, 6.45) is 9.51. The van der Waals surface area contributed by atoms with E-state index in [2.05, 4.69) is 50.3 Å². The number of hydrogen-bond donors (Lipinski definition) is 2. The molecule has 1 saturated carbocycles. The summed E-state index contributed by atoms with van der Waals surface area (Å²) in [6.45, 7) is 0. The Balaban J connectivity index is 1.59. The first kappa shape index (κ1) is 17.6. The van der Waals surface area contributed by atoms with Gasteiger partial charge in [0.2, 0.25) is 0 Å². The van der Waals surface area contributed by atoms with Crippen molar-refractivity contribution >= 4 is 16.7 Å². The van der Waals surface area contributed by atoms with Crippen molar-refractivity contribution in [1.82, 2.24) is 24.8 Å². The maximum Gasteiger partial charge on any atom is 0.313 e. The maximum atomic E-state index is 9.30. The maximum absolute atomic E-state index is 9.30. The number of fused-ring (bicyclic) bond motifs is 1. The summed E-state index contributed by atoms with van der Waals surface area (Å²) in [4.78, 5) is 18.9. The number of nitrogens with zero attached hydrogens (tertiary/aromatic N) is 5. The monoisotopic (exact) mass is 364 g/mol. The minimum absolute atomic E-state index is 0.224. The van der Waals surface area contributed by atoms with Crippen LogP contribution in [0, 0.1) is 0 Å². The van der Waals surface area contributed by atoms with Gasteiger partial charge in [-0.05, 0) is 57.5 Å². The molecule has 2 aromatic heterocycles. The number of benzene rings is 1. The summed E-state index contributed by atoms with van der Waals surface area (Å²) >= 11 is 0. The first-order chi connectivity index (χ1) is 13.1. The topological polar surface area (TPSA) is 87.1 Å². The summed E-state index contributed by atoms with van der Waals surface area (Å²) in [7, 11) is 4.32. The fourth-order valence-electron chi connectivity index (χ4n) is 3.75. The molecule has 4 rings (SSSR count). The molecule has 0 bridgehead atoms. The smallest absolute Gasteiger partial charge is 0.313 e. The Labute approximate surface area is 158 Å². The number of aromatic nitrogens is 4. The fraction of sp³-hybridized carbons (Fsp3) is 0.400. The lowest BCUT2D eigenvalue weighted by molar-refractivity contribution is 0.221. The van der Waals surface area contributed by atoms with E-state index in [-0.39, 0.29) is 6.01 Å². The van der Waals surface area contributed by atoms with E-state index < -0.39 is 0 Å². The fourth-order valence-corrected chi connectivity index (χ4v) is 3.75. The number of rotatable bonds is 4. The van der Waals surface area contributed by atoms with Crippen LogP contribution < -0.4 is 5.32 Å². The molecule has 2 N–H and O–H groups in total. The Morgan fingerprint density at radius 1 is 0.963 bits per heavy atom. The van der Waals surface area contributed by atoms with E-state index in [4.69, 9.17) is 0 Å². The highest BCUT2D eigenvalue weighted by Gasteiger charge is 2.23. The molecule has 1 aliphatic rings. The molecule has 1 aromatic carbocycles. The third kappa shape index (κ3) is 3.83. The van der Waals surface area contributed by atoms with Crippen molar-refractivity contribution < 1.29 is 5.11 Å². The Morgan fingerprint density at radius 2 is 1.70 bits per heavy atom.